The van der Waals surface area contributed by atoms with Crippen LogP contribution in [0.4, 0.5) is 5.69 Å². The fourth-order valence-corrected chi connectivity index (χ4v) is 1.86. The lowest BCUT2D eigenvalue weighted by molar-refractivity contribution is 0.102. The molecule has 0 spiro atoms. The van der Waals surface area contributed by atoms with Crippen molar-refractivity contribution in [1.29, 1.82) is 0 Å². The number of anilines is 1. The summed E-state index contributed by atoms with van der Waals surface area (Å²) in [5, 5.41) is 11.5. The summed E-state index contributed by atoms with van der Waals surface area (Å²) in [6, 6.07) is 7.26. The second-order valence-electron chi connectivity index (χ2n) is 4.71. The second-order valence-corrected chi connectivity index (χ2v) is 4.71. The molecule has 4 nitrogen and oxygen atoms in total. The fourth-order valence-electron chi connectivity index (χ4n) is 1.86. The summed E-state index contributed by atoms with van der Waals surface area (Å²) >= 11 is 0. The lowest BCUT2D eigenvalue weighted by atomic mass is 10.1. The van der Waals surface area contributed by atoms with E-state index < -0.39 is 0 Å². The Morgan fingerprint density at radius 2 is 2.14 bits per heavy atom. The van der Waals surface area contributed by atoms with Crippen molar-refractivity contribution in [3.05, 3.63) is 53.0 Å². The minimum Gasteiger partial charge on any atom is -0.469 e. The van der Waals surface area contributed by atoms with E-state index in [1.165, 1.54) is 6.26 Å². The van der Waals surface area contributed by atoms with Crippen LogP contribution in [0, 0.1) is 25.7 Å². The number of hydrogen-bond donors (Lipinski definition) is 2. The summed E-state index contributed by atoms with van der Waals surface area (Å²) in [6.45, 7) is 3.76. The minimum absolute atomic E-state index is 0.0598. The maximum atomic E-state index is 12.0. The SMILES string of the molecule is Cc1cc(C(=O)Nc2ccc(C#CCCO)cc2C)co1. The highest BCUT2D eigenvalue weighted by atomic mass is 16.3. The van der Waals surface area contributed by atoms with E-state index in [0.717, 1.165) is 16.8 Å². The van der Waals surface area contributed by atoms with E-state index in [0.29, 0.717) is 17.7 Å². The monoisotopic (exact) mass is 283 g/mol. The molecule has 0 aliphatic carbocycles. The number of aliphatic hydroxyl groups excluding tert-OH is 1. The normalized spacial score (nSPS) is 9.86. The summed E-state index contributed by atoms with van der Waals surface area (Å²) in [6.07, 6.45) is 1.89. The van der Waals surface area contributed by atoms with Gasteiger partial charge in [-0.05, 0) is 43.7 Å². The van der Waals surface area contributed by atoms with Crippen LogP contribution in [0.15, 0.2) is 34.9 Å². The number of amides is 1. The highest BCUT2D eigenvalue weighted by Crippen LogP contribution is 2.18. The summed E-state index contributed by atoms with van der Waals surface area (Å²) in [5.41, 5.74) is 3.03. The van der Waals surface area contributed by atoms with Crippen molar-refractivity contribution in [3.8, 4) is 11.8 Å². The molecule has 4 heteroatoms. The Labute approximate surface area is 123 Å². The number of carbonyl (C=O) groups excluding carboxylic acids is 1. The van der Waals surface area contributed by atoms with Crippen LogP contribution in [0.5, 0.6) is 0 Å². The van der Waals surface area contributed by atoms with Crippen LogP contribution in [0.1, 0.15) is 33.7 Å². The molecule has 0 aliphatic heterocycles. The Morgan fingerprint density at radius 3 is 2.76 bits per heavy atom. The molecule has 1 amide bonds. The molecule has 2 rings (SSSR count). The second kappa shape index (κ2) is 6.78. The molecule has 1 aromatic carbocycles. The molecule has 0 atom stereocenters. The Kier molecular flexibility index (Phi) is 4.81. The summed E-state index contributed by atoms with van der Waals surface area (Å²) < 4.78 is 5.13. The molecule has 0 bridgehead atoms. The van der Waals surface area contributed by atoms with Gasteiger partial charge in [-0.25, -0.2) is 0 Å². The molecule has 2 N–H and O–H groups in total. The van der Waals surface area contributed by atoms with Gasteiger partial charge < -0.3 is 14.8 Å². The van der Waals surface area contributed by atoms with Crippen molar-refractivity contribution in [2.24, 2.45) is 0 Å². The van der Waals surface area contributed by atoms with Crippen molar-refractivity contribution >= 4 is 11.6 Å². The van der Waals surface area contributed by atoms with Gasteiger partial charge in [0.15, 0.2) is 0 Å². The van der Waals surface area contributed by atoms with Crippen LogP contribution in [-0.2, 0) is 0 Å². The van der Waals surface area contributed by atoms with Gasteiger partial charge in [0, 0.05) is 17.7 Å². The molecule has 2 aromatic rings. The lowest BCUT2D eigenvalue weighted by Gasteiger charge is -2.07. The van der Waals surface area contributed by atoms with Gasteiger partial charge in [-0.2, -0.15) is 0 Å². The predicted molar refractivity (Wildman–Crippen MR) is 81.2 cm³/mol. The van der Waals surface area contributed by atoms with Gasteiger partial charge in [0.25, 0.3) is 5.91 Å². The van der Waals surface area contributed by atoms with E-state index in [-0.39, 0.29) is 12.5 Å². The number of rotatable bonds is 3. The van der Waals surface area contributed by atoms with Gasteiger partial charge in [0.1, 0.15) is 12.0 Å². The van der Waals surface area contributed by atoms with Crippen molar-refractivity contribution < 1.29 is 14.3 Å². The van der Waals surface area contributed by atoms with E-state index in [1.54, 1.807) is 13.0 Å². The number of hydrogen-bond acceptors (Lipinski definition) is 3. The van der Waals surface area contributed by atoms with E-state index >= 15 is 0 Å². The summed E-state index contributed by atoms with van der Waals surface area (Å²) in [5.74, 6) is 6.33. The highest BCUT2D eigenvalue weighted by Gasteiger charge is 2.10. The first-order valence-electron chi connectivity index (χ1n) is 6.67. The Morgan fingerprint density at radius 1 is 1.33 bits per heavy atom. The largest absolute Gasteiger partial charge is 0.469 e. The molecular formula is C17H17NO3. The topological polar surface area (TPSA) is 62.5 Å². The Hall–Kier alpha value is -2.51. The van der Waals surface area contributed by atoms with Crippen LogP contribution >= 0.6 is 0 Å². The van der Waals surface area contributed by atoms with Crippen LogP contribution in [-0.4, -0.2) is 17.6 Å². The third kappa shape index (κ3) is 3.98. The van der Waals surface area contributed by atoms with E-state index in [1.807, 2.05) is 25.1 Å². The molecular weight excluding hydrogens is 266 g/mol. The van der Waals surface area contributed by atoms with Crippen LogP contribution in [0.2, 0.25) is 0 Å². The minimum atomic E-state index is -0.200. The molecule has 108 valence electrons. The quantitative estimate of drug-likeness (QED) is 0.851. The summed E-state index contributed by atoms with van der Waals surface area (Å²) in [4.78, 5) is 12.0. The van der Waals surface area contributed by atoms with Crippen LogP contribution < -0.4 is 5.32 Å². The maximum absolute atomic E-state index is 12.0. The van der Waals surface area contributed by atoms with E-state index in [4.69, 9.17) is 9.52 Å². The first kappa shape index (κ1) is 14.9. The average molecular weight is 283 g/mol. The van der Waals surface area contributed by atoms with Gasteiger partial charge in [-0.1, -0.05) is 11.8 Å². The number of benzene rings is 1. The molecule has 0 radical (unpaired) electrons. The smallest absolute Gasteiger partial charge is 0.258 e. The molecule has 1 aromatic heterocycles. The summed E-state index contributed by atoms with van der Waals surface area (Å²) in [7, 11) is 0. The fraction of sp³-hybridized carbons (Fsp3) is 0.235. The zero-order valence-corrected chi connectivity index (χ0v) is 12.1. The van der Waals surface area contributed by atoms with Gasteiger partial charge in [0.2, 0.25) is 0 Å². The lowest BCUT2D eigenvalue weighted by Crippen LogP contribution is -2.11. The maximum Gasteiger partial charge on any atom is 0.258 e. The Bertz CT molecular complexity index is 704. The Balaban J connectivity index is 2.11. The molecule has 0 unspecified atom stereocenters. The van der Waals surface area contributed by atoms with Crippen molar-refractivity contribution in [1.82, 2.24) is 0 Å². The van der Waals surface area contributed by atoms with Gasteiger partial charge in [-0.15, -0.1) is 0 Å². The molecule has 0 fully saturated rings. The van der Waals surface area contributed by atoms with Gasteiger partial charge >= 0.3 is 0 Å². The zero-order valence-electron chi connectivity index (χ0n) is 12.1. The van der Waals surface area contributed by atoms with E-state index in [9.17, 15) is 4.79 Å². The molecule has 21 heavy (non-hydrogen) atoms. The molecule has 0 saturated carbocycles. The molecule has 0 saturated heterocycles. The number of aryl methyl sites for hydroxylation is 2. The molecule has 0 aliphatic rings. The predicted octanol–water partition coefficient (Wildman–Crippen LogP) is 2.88. The molecule has 1 heterocycles. The first-order chi connectivity index (χ1) is 10.1. The standard InChI is InChI=1S/C17H17NO3/c1-12-9-14(5-3-4-8-19)6-7-16(12)18-17(20)15-10-13(2)21-11-15/h6-7,9-11,19H,4,8H2,1-2H3,(H,18,20). The van der Waals surface area contributed by atoms with Gasteiger partial charge in [-0.3, -0.25) is 4.79 Å². The van der Waals surface area contributed by atoms with Crippen LogP contribution in [0.25, 0.3) is 0 Å². The zero-order chi connectivity index (χ0) is 15.2. The van der Waals surface area contributed by atoms with Gasteiger partial charge in [0.05, 0.1) is 12.2 Å². The van der Waals surface area contributed by atoms with Crippen LogP contribution in [0.3, 0.4) is 0 Å². The number of nitrogens with one attached hydrogen (secondary N) is 1. The van der Waals surface area contributed by atoms with Crippen molar-refractivity contribution in [2.75, 3.05) is 11.9 Å². The number of carbonyl (C=O) groups is 1. The third-order valence-corrected chi connectivity index (χ3v) is 2.94. The van der Waals surface area contributed by atoms with Crippen molar-refractivity contribution in [3.63, 3.8) is 0 Å². The highest BCUT2D eigenvalue weighted by molar-refractivity contribution is 6.04. The average Bonchev–Trinajstić information content (AvgIpc) is 2.89. The van der Waals surface area contributed by atoms with Crippen molar-refractivity contribution in [2.45, 2.75) is 20.3 Å². The van der Waals surface area contributed by atoms with E-state index in [2.05, 4.69) is 17.2 Å². The number of furan rings is 1. The first-order valence-corrected chi connectivity index (χ1v) is 6.67. The number of aliphatic hydroxyl groups is 1. The third-order valence-electron chi connectivity index (χ3n) is 2.94.